The molecular weight excluding hydrogens is 272 g/mol. The van der Waals surface area contributed by atoms with Gasteiger partial charge >= 0.3 is 0 Å². The molecule has 2 rings (SSSR count). The Hall–Kier alpha value is -2.54. The molecule has 106 valence electrons. The lowest BCUT2D eigenvalue weighted by Crippen LogP contribution is -2.12. The average Bonchev–Trinajstić information content (AvgIpc) is 2.53. The quantitative estimate of drug-likeness (QED) is 0.759. The Bertz CT molecular complexity index is 645. The van der Waals surface area contributed by atoms with E-state index in [1.807, 2.05) is 12.1 Å². The maximum absolute atomic E-state index is 12.5. The summed E-state index contributed by atoms with van der Waals surface area (Å²) in [5, 5.41) is 8.91. The van der Waals surface area contributed by atoms with Gasteiger partial charge in [-0.2, -0.15) is 5.26 Å². The van der Waals surface area contributed by atoms with Crippen molar-refractivity contribution in [1.82, 2.24) is 0 Å². The number of halogens is 2. The summed E-state index contributed by atoms with van der Waals surface area (Å²) in [6, 6.07) is 16.3. The van der Waals surface area contributed by atoms with Crippen LogP contribution in [0.25, 0.3) is 0 Å². The van der Waals surface area contributed by atoms with Crippen LogP contribution < -0.4 is 0 Å². The fourth-order valence-corrected chi connectivity index (χ4v) is 2.13. The van der Waals surface area contributed by atoms with Crippen molar-refractivity contribution in [3.05, 3.63) is 71.3 Å². The molecular formula is C17H13F2NO. The van der Waals surface area contributed by atoms with Gasteiger partial charge in [-0.3, -0.25) is 4.79 Å². The van der Waals surface area contributed by atoms with Crippen LogP contribution in [0.2, 0.25) is 0 Å². The van der Waals surface area contributed by atoms with Crippen molar-refractivity contribution in [3.63, 3.8) is 0 Å². The van der Waals surface area contributed by atoms with E-state index in [9.17, 15) is 13.6 Å². The first kappa shape index (κ1) is 14.9. The lowest BCUT2D eigenvalue weighted by molar-refractivity contribution is 0.0960. The van der Waals surface area contributed by atoms with Crippen molar-refractivity contribution in [3.8, 4) is 6.07 Å². The van der Waals surface area contributed by atoms with Crippen LogP contribution in [0.5, 0.6) is 0 Å². The van der Waals surface area contributed by atoms with Crippen molar-refractivity contribution in [2.24, 2.45) is 0 Å². The molecule has 0 aromatic heterocycles. The number of nitrogens with zero attached hydrogens (tertiary/aromatic N) is 1. The number of carbonyl (C=O) groups excluding carboxylic acids is 1. The summed E-state index contributed by atoms with van der Waals surface area (Å²) in [6.07, 6.45) is -2.50. The molecule has 0 radical (unpaired) electrons. The van der Waals surface area contributed by atoms with Crippen LogP contribution in [0.4, 0.5) is 8.78 Å². The molecule has 0 fully saturated rings. The molecule has 2 aromatic carbocycles. The van der Waals surface area contributed by atoms with E-state index in [2.05, 4.69) is 0 Å². The predicted octanol–water partition coefficient (Wildman–Crippen LogP) is 4.50. The molecule has 0 N–H and O–H groups in total. The Morgan fingerprint density at radius 2 is 1.62 bits per heavy atom. The molecule has 0 aliphatic heterocycles. The van der Waals surface area contributed by atoms with Crippen LogP contribution in [0.3, 0.4) is 0 Å². The molecule has 2 nitrogen and oxygen atoms in total. The summed E-state index contributed by atoms with van der Waals surface area (Å²) in [5.41, 5.74) is 0.966. The van der Waals surface area contributed by atoms with Crippen LogP contribution in [-0.2, 0) is 0 Å². The van der Waals surface area contributed by atoms with E-state index in [1.165, 1.54) is 24.3 Å². The summed E-state index contributed by atoms with van der Waals surface area (Å²) in [4.78, 5) is 12.5. The molecule has 0 aliphatic carbocycles. The molecule has 0 heterocycles. The number of hydrogen-bond acceptors (Lipinski definition) is 2. The van der Waals surface area contributed by atoms with Gasteiger partial charge in [-0.15, -0.1) is 0 Å². The molecule has 0 amide bonds. The fraction of sp³-hybridized carbons (Fsp3) is 0.176. The highest BCUT2D eigenvalue weighted by Crippen LogP contribution is 2.25. The standard InChI is InChI=1S/C17H13F2NO/c18-17(19)14-8-6-13(7-9-14)16(21)15(10-11-20)12-4-2-1-3-5-12/h1-9,15,17H,10H2. The molecule has 1 atom stereocenters. The zero-order valence-corrected chi connectivity index (χ0v) is 11.2. The zero-order chi connectivity index (χ0) is 15.2. The van der Waals surface area contributed by atoms with Gasteiger partial charge in [0.1, 0.15) is 0 Å². The highest BCUT2D eigenvalue weighted by atomic mass is 19.3. The number of alkyl halides is 2. The first-order valence-electron chi connectivity index (χ1n) is 6.47. The fourth-order valence-electron chi connectivity index (χ4n) is 2.13. The number of Topliss-reactive ketones (excluding diaryl/α,β-unsaturated/α-hetero) is 1. The third-order valence-corrected chi connectivity index (χ3v) is 3.26. The van der Waals surface area contributed by atoms with Crippen LogP contribution in [0.15, 0.2) is 54.6 Å². The average molecular weight is 285 g/mol. The van der Waals surface area contributed by atoms with E-state index in [0.29, 0.717) is 5.56 Å². The lowest BCUT2D eigenvalue weighted by Gasteiger charge is -2.13. The second-order valence-corrected chi connectivity index (χ2v) is 4.61. The summed E-state index contributed by atoms with van der Waals surface area (Å²) >= 11 is 0. The molecule has 0 bridgehead atoms. The van der Waals surface area contributed by atoms with Gasteiger partial charge in [0.2, 0.25) is 0 Å². The minimum Gasteiger partial charge on any atom is -0.293 e. The number of nitriles is 1. The third-order valence-electron chi connectivity index (χ3n) is 3.26. The summed E-state index contributed by atoms with van der Waals surface area (Å²) in [5.74, 6) is -0.808. The smallest absolute Gasteiger partial charge is 0.263 e. The molecule has 0 spiro atoms. The van der Waals surface area contributed by atoms with E-state index < -0.39 is 12.3 Å². The predicted molar refractivity (Wildman–Crippen MR) is 75.1 cm³/mol. The van der Waals surface area contributed by atoms with Gasteiger partial charge in [-0.05, 0) is 5.56 Å². The zero-order valence-electron chi connectivity index (χ0n) is 11.2. The Balaban J connectivity index is 2.29. The van der Waals surface area contributed by atoms with Crippen LogP contribution >= 0.6 is 0 Å². The first-order chi connectivity index (χ1) is 10.1. The largest absolute Gasteiger partial charge is 0.293 e. The summed E-state index contributed by atoms with van der Waals surface area (Å²) < 4.78 is 25.0. The number of benzene rings is 2. The van der Waals surface area contributed by atoms with Crippen molar-refractivity contribution >= 4 is 5.78 Å². The maximum atomic E-state index is 12.5. The number of ketones is 1. The molecule has 21 heavy (non-hydrogen) atoms. The second-order valence-electron chi connectivity index (χ2n) is 4.61. The van der Waals surface area contributed by atoms with Crippen molar-refractivity contribution in [1.29, 1.82) is 5.26 Å². The lowest BCUT2D eigenvalue weighted by atomic mass is 9.88. The minimum atomic E-state index is -2.56. The molecule has 0 saturated carbocycles. The first-order valence-corrected chi connectivity index (χ1v) is 6.47. The van der Waals surface area contributed by atoms with Gasteiger partial charge < -0.3 is 0 Å². The third kappa shape index (κ3) is 3.51. The molecule has 0 aliphatic rings. The van der Waals surface area contributed by atoms with Gasteiger partial charge in [0.05, 0.1) is 12.0 Å². The highest BCUT2D eigenvalue weighted by molar-refractivity contribution is 6.01. The second kappa shape index (κ2) is 6.76. The maximum Gasteiger partial charge on any atom is 0.263 e. The topological polar surface area (TPSA) is 40.9 Å². The number of rotatable bonds is 5. The van der Waals surface area contributed by atoms with Gasteiger partial charge in [0, 0.05) is 17.5 Å². The van der Waals surface area contributed by atoms with Gasteiger partial charge in [-0.1, -0.05) is 54.6 Å². The van der Waals surface area contributed by atoms with Crippen LogP contribution in [0.1, 0.15) is 40.2 Å². The van der Waals surface area contributed by atoms with Gasteiger partial charge in [0.25, 0.3) is 6.43 Å². The van der Waals surface area contributed by atoms with E-state index in [4.69, 9.17) is 5.26 Å². The Kier molecular flexibility index (Phi) is 4.78. The van der Waals surface area contributed by atoms with Crippen molar-refractivity contribution in [2.75, 3.05) is 0 Å². The number of carbonyl (C=O) groups is 1. The normalized spacial score (nSPS) is 11.9. The van der Waals surface area contributed by atoms with Crippen LogP contribution in [-0.4, -0.2) is 5.78 Å². The van der Waals surface area contributed by atoms with E-state index in [-0.39, 0.29) is 17.8 Å². The van der Waals surface area contributed by atoms with E-state index in [1.54, 1.807) is 24.3 Å². The Labute approximate surface area is 121 Å². The molecule has 1 unspecified atom stereocenters. The van der Waals surface area contributed by atoms with Gasteiger partial charge in [-0.25, -0.2) is 8.78 Å². The van der Waals surface area contributed by atoms with Crippen molar-refractivity contribution in [2.45, 2.75) is 18.8 Å². The Morgan fingerprint density at radius 1 is 1.00 bits per heavy atom. The SMILES string of the molecule is N#CCC(C(=O)c1ccc(C(F)F)cc1)c1ccccc1. The van der Waals surface area contributed by atoms with Crippen LogP contribution in [0, 0.1) is 11.3 Å². The van der Waals surface area contributed by atoms with E-state index >= 15 is 0 Å². The summed E-state index contributed by atoms with van der Waals surface area (Å²) in [7, 11) is 0. The molecule has 2 aromatic rings. The van der Waals surface area contributed by atoms with E-state index in [0.717, 1.165) is 5.56 Å². The monoisotopic (exact) mass is 285 g/mol. The molecule has 4 heteroatoms. The highest BCUT2D eigenvalue weighted by Gasteiger charge is 2.22. The Morgan fingerprint density at radius 3 is 2.14 bits per heavy atom. The number of hydrogen-bond donors (Lipinski definition) is 0. The minimum absolute atomic E-state index is 0.0550. The van der Waals surface area contributed by atoms with Crippen molar-refractivity contribution < 1.29 is 13.6 Å². The molecule has 0 saturated heterocycles. The summed E-state index contributed by atoms with van der Waals surface area (Å²) in [6.45, 7) is 0. The van der Waals surface area contributed by atoms with Gasteiger partial charge in [0.15, 0.2) is 5.78 Å².